The van der Waals surface area contributed by atoms with Crippen molar-refractivity contribution >= 4 is 32.7 Å². The molecule has 1 atom stereocenters. The van der Waals surface area contributed by atoms with Crippen LogP contribution in [0.4, 0.5) is 5.13 Å². The molecule has 5 rings (SSSR count). The molecule has 0 radical (unpaired) electrons. The molecule has 1 aromatic carbocycles. The lowest BCUT2D eigenvalue weighted by molar-refractivity contribution is -0.122. The number of aryl methyl sites for hydroxylation is 3. The maximum Gasteiger partial charge on any atom is 0.253 e. The summed E-state index contributed by atoms with van der Waals surface area (Å²) in [4.78, 5) is 29.2. The van der Waals surface area contributed by atoms with Crippen LogP contribution in [0.25, 0.3) is 16.3 Å². The molecule has 1 aliphatic heterocycles. The molecule has 4 heterocycles. The van der Waals surface area contributed by atoms with E-state index in [-0.39, 0.29) is 11.9 Å². The number of fused-ring (bicyclic) bond motifs is 1. The van der Waals surface area contributed by atoms with E-state index in [0.29, 0.717) is 18.1 Å². The van der Waals surface area contributed by atoms with Gasteiger partial charge in [0, 0.05) is 18.8 Å². The second-order valence-corrected chi connectivity index (χ2v) is 9.13. The zero-order valence-electron chi connectivity index (χ0n) is 18.4. The molecule has 1 fully saturated rings. The summed E-state index contributed by atoms with van der Waals surface area (Å²) < 4.78 is 2.69. The molecule has 0 aliphatic carbocycles. The first-order chi connectivity index (χ1) is 15.5. The Balaban J connectivity index is 1.40. The van der Waals surface area contributed by atoms with E-state index in [1.54, 1.807) is 16.0 Å². The molecule has 1 saturated heterocycles. The normalized spacial score (nSPS) is 16.1. The van der Waals surface area contributed by atoms with Crippen molar-refractivity contribution < 1.29 is 4.79 Å². The number of hydrogen-bond acceptors (Lipinski definition) is 7. The van der Waals surface area contributed by atoms with Crippen molar-refractivity contribution in [2.45, 2.75) is 46.2 Å². The standard InChI is InChI=1S/C23H25N7OS/c1-14-12-15(2)30(28-14)22-25-16(3)19-20(26-22)27-23(32-19)29-11-7-10-18(29)21(31)24-13-17-8-5-4-6-9-17/h4-6,8-9,12,18H,7,10-11,13H2,1-3H3,(H,24,31)/t18-/m1/s1. The fourth-order valence-electron chi connectivity index (χ4n) is 4.15. The van der Waals surface area contributed by atoms with Crippen LogP contribution in [0.3, 0.4) is 0 Å². The van der Waals surface area contributed by atoms with Gasteiger partial charge in [0.2, 0.25) is 5.91 Å². The molecular formula is C23H25N7OS. The van der Waals surface area contributed by atoms with E-state index < -0.39 is 0 Å². The number of nitrogens with one attached hydrogen (secondary N) is 1. The van der Waals surface area contributed by atoms with Gasteiger partial charge in [0.1, 0.15) is 6.04 Å². The van der Waals surface area contributed by atoms with Gasteiger partial charge in [-0.25, -0.2) is 9.67 Å². The van der Waals surface area contributed by atoms with Gasteiger partial charge in [0.15, 0.2) is 10.8 Å². The number of rotatable bonds is 5. The van der Waals surface area contributed by atoms with Crippen LogP contribution in [-0.4, -0.2) is 43.2 Å². The van der Waals surface area contributed by atoms with Crippen molar-refractivity contribution in [1.29, 1.82) is 0 Å². The van der Waals surface area contributed by atoms with Crippen LogP contribution in [-0.2, 0) is 11.3 Å². The zero-order valence-corrected chi connectivity index (χ0v) is 19.2. The van der Waals surface area contributed by atoms with Crippen LogP contribution in [0, 0.1) is 20.8 Å². The molecule has 0 saturated carbocycles. The molecule has 8 nitrogen and oxygen atoms in total. The van der Waals surface area contributed by atoms with Crippen molar-refractivity contribution in [3.63, 3.8) is 0 Å². The average Bonchev–Trinajstić information content (AvgIpc) is 3.50. The smallest absolute Gasteiger partial charge is 0.253 e. The van der Waals surface area contributed by atoms with Gasteiger partial charge in [-0.05, 0) is 45.2 Å². The molecule has 164 valence electrons. The lowest BCUT2D eigenvalue weighted by Crippen LogP contribution is -2.43. The van der Waals surface area contributed by atoms with E-state index in [1.165, 1.54) is 0 Å². The van der Waals surface area contributed by atoms with Crippen LogP contribution in [0.1, 0.15) is 35.5 Å². The van der Waals surface area contributed by atoms with Gasteiger partial charge >= 0.3 is 0 Å². The monoisotopic (exact) mass is 447 g/mol. The molecule has 32 heavy (non-hydrogen) atoms. The van der Waals surface area contributed by atoms with Crippen molar-refractivity contribution in [1.82, 2.24) is 30.0 Å². The number of nitrogens with zero attached hydrogens (tertiary/aromatic N) is 6. The molecular weight excluding hydrogens is 422 g/mol. The average molecular weight is 448 g/mol. The molecule has 9 heteroatoms. The first-order valence-corrected chi connectivity index (χ1v) is 11.6. The minimum atomic E-state index is -0.219. The lowest BCUT2D eigenvalue weighted by atomic mass is 10.2. The Hall–Kier alpha value is -3.33. The highest BCUT2D eigenvalue weighted by Gasteiger charge is 2.33. The Morgan fingerprint density at radius 1 is 1.16 bits per heavy atom. The molecule has 1 N–H and O–H groups in total. The van der Waals surface area contributed by atoms with Crippen LogP contribution in [0.5, 0.6) is 0 Å². The van der Waals surface area contributed by atoms with Gasteiger partial charge in [-0.3, -0.25) is 4.79 Å². The van der Waals surface area contributed by atoms with E-state index in [4.69, 9.17) is 4.98 Å². The molecule has 4 aromatic rings. The second-order valence-electron chi connectivity index (χ2n) is 8.15. The fraction of sp³-hybridized carbons (Fsp3) is 0.348. The van der Waals surface area contributed by atoms with E-state index in [0.717, 1.165) is 51.9 Å². The lowest BCUT2D eigenvalue weighted by Gasteiger charge is -2.23. The summed E-state index contributed by atoms with van der Waals surface area (Å²) in [5, 5.41) is 8.40. The van der Waals surface area contributed by atoms with Gasteiger partial charge in [-0.2, -0.15) is 15.1 Å². The Kier molecular flexibility index (Phi) is 5.34. The summed E-state index contributed by atoms with van der Waals surface area (Å²) >= 11 is 1.55. The highest BCUT2D eigenvalue weighted by molar-refractivity contribution is 7.22. The second kappa shape index (κ2) is 8.31. The third-order valence-corrected chi connectivity index (χ3v) is 6.90. The van der Waals surface area contributed by atoms with Crippen molar-refractivity contribution in [3.8, 4) is 5.95 Å². The van der Waals surface area contributed by atoms with Crippen LogP contribution in [0.2, 0.25) is 0 Å². The largest absolute Gasteiger partial charge is 0.350 e. The molecule has 0 unspecified atom stereocenters. The van der Waals surface area contributed by atoms with E-state index in [9.17, 15) is 4.79 Å². The number of hydrogen-bond donors (Lipinski definition) is 1. The quantitative estimate of drug-likeness (QED) is 0.504. The van der Waals surface area contributed by atoms with Gasteiger partial charge in [-0.15, -0.1) is 0 Å². The highest BCUT2D eigenvalue weighted by atomic mass is 32.1. The zero-order chi connectivity index (χ0) is 22.2. The minimum absolute atomic E-state index is 0.0387. The third kappa shape index (κ3) is 3.84. The number of aromatic nitrogens is 5. The Morgan fingerprint density at radius 3 is 2.72 bits per heavy atom. The van der Waals surface area contributed by atoms with Crippen molar-refractivity contribution in [2.75, 3.05) is 11.4 Å². The summed E-state index contributed by atoms with van der Waals surface area (Å²) in [6.07, 6.45) is 1.78. The summed E-state index contributed by atoms with van der Waals surface area (Å²) in [5.74, 6) is 0.563. The summed E-state index contributed by atoms with van der Waals surface area (Å²) in [6.45, 7) is 7.24. The molecule has 0 spiro atoms. The maximum absolute atomic E-state index is 12.9. The fourth-order valence-corrected chi connectivity index (χ4v) is 5.18. The summed E-state index contributed by atoms with van der Waals surface area (Å²) in [6, 6.07) is 11.7. The minimum Gasteiger partial charge on any atom is -0.350 e. The number of anilines is 1. The number of amides is 1. The number of benzene rings is 1. The van der Waals surface area contributed by atoms with Crippen LogP contribution >= 0.6 is 11.3 Å². The highest BCUT2D eigenvalue weighted by Crippen LogP contribution is 2.34. The Bertz CT molecular complexity index is 1280. The van der Waals surface area contributed by atoms with E-state index >= 15 is 0 Å². The predicted octanol–water partition coefficient (Wildman–Crippen LogP) is 3.48. The SMILES string of the molecule is Cc1cc(C)n(-c2nc(C)c3sc(N4CCC[C@@H]4C(=O)NCc4ccccc4)nc3n2)n1. The van der Waals surface area contributed by atoms with Crippen LogP contribution in [0.15, 0.2) is 36.4 Å². The topological polar surface area (TPSA) is 88.8 Å². The number of carbonyl (C=O) groups is 1. The predicted molar refractivity (Wildman–Crippen MR) is 125 cm³/mol. The maximum atomic E-state index is 12.9. The number of thiazole rings is 1. The van der Waals surface area contributed by atoms with Gasteiger partial charge in [-0.1, -0.05) is 41.7 Å². The molecule has 1 aliphatic rings. The first-order valence-electron chi connectivity index (χ1n) is 10.8. The van der Waals surface area contributed by atoms with Crippen molar-refractivity contribution in [2.24, 2.45) is 0 Å². The van der Waals surface area contributed by atoms with Gasteiger partial charge in [0.25, 0.3) is 5.95 Å². The summed E-state index contributed by atoms with van der Waals surface area (Å²) in [7, 11) is 0. The molecule has 3 aromatic heterocycles. The number of carbonyl (C=O) groups excluding carboxylic acids is 1. The van der Waals surface area contributed by atoms with Crippen molar-refractivity contribution in [3.05, 3.63) is 59.0 Å². The summed E-state index contributed by atoms with van der Waals surface area (Å²) in [5.41, 5.74) is 4.50. The Labute approximate surface area is 190 Å². The van der Waals surface area contributed by atoms with E-state index in [1.807, 2.05) is 57.2 Å². The molecule has 0 bridgehead atoms. The Morgan fingerprint density at radius 2 is 1.97 bits per heavy atom. The first kappa shape index (κ1) is 20.6. The van der Waals surface area contributed by atoms with Gasteiger partial charge in [0.05, 0.1) is 16.1 Å². The molecule has 1 amide bonds. The van der Waals surface area contributed by atoms with Crippen LogP contribution < -0.4 is 10.2 Å². The van der Waals surface area contributed by atoms with Gasteiger partial charge < -0.3 is 10.2 Å². The van der Waals surface area contributed by atoms with E-state index in [2.05, 4.69) is 25.3 Å². The third-order valence-electron chi connectivity index (χ3n) is 5.71.